The van der Waals surface area contributed by atoms with Crippen LogP contribution in [-0.2, 0) is 22.6 Å². The third kappa shape index (κ3) is 8.05. The highest BCUT2D eigenvalue weighted by Gasteiger charge is 2.23. The molecule has 1 N–H and O–H groups in total. The number of ether oxygens (including phenoxy) is 2. The Balaban J connectivity index is 1.40. The van der Waals surface area contributed by atoms with Gasteiger partial charge in [0.2, 0.25) is 5.91 Å². The van der Waals surface area contributed by atoms with Gasteiger partial charge >= 0.3 is 0 Å². The molecule has 194 valence electrons. The van der Waals surface area contributed by atoms with Gasteiger partial charge in [0.15, 0.2) is 0 Å². The molecule has 1 saturated carbocycles. The monoisotopic (exact) mass is 561 g/mol. The van der Waals surface area contributed by atoms with Crippen LogP contribution in [0, 0.1) is 0 Å². The van der Waals surface area contributed by atoms with E-state index in [1.165, 1.54) is 11.1 Å². The van der Waals surface area contributed by atoms with Crippen molar-refractivity contribution in [3.63, 3.8) is 0 Å². The van der Waals surface area contributed by atoms with E-state index >= 15 is 0 Å². The molecular formula is C32H36BrNO3. The summed E-state index contributed by atoms with van der Waals surface area (Å²) < 4.78 is 13.7. The molecule has 0 bridgehead atoms. The number of benzene rings is 3. The van der Waals surface area contributed by atoms with Gasteiger partial charge in [-0.1, -0.05) is 64.5 Å². The lowest BCUT2D eigenvalue weighted by atomic mass is 9.93. The molecule has 3 aromatic carbocycles. The van der Waals surface area contributed by atoms with Gasteiger partial charge in [0.1, 0.15) is 5.75 Å². The normalized spacial score (nSPS) is 17.3. The number of hydrogen-bond donors (Lipinski definition) is 1. The van der Waals surface area contributed by atoms with E-state index in [9.17, 15) is 4.79 Å². The van der Waals surface area contributed by atoms with Crippen molar-refractivity contribution in [2.45, 2.75) is 64.8 Å². The summed E-state index contributed by atoms with van der Waals surface area (Å²) in [5.74, 6) is 0.875. The zero-order valence-electron chi connectivity index (χ0n) is 21.8. The third-order valence-corrected chi connectivity index (χ3v) is 7.37. The molecule has 1 amide bonds. The van der Waals surface area contributed by atoms with E-state index in [4.69, 9.17) is 9.47 Å². The topological polar surface area (TPSA) is 47.6 Å². The molecule has 1 aliphatic rings. The first kappa shape index (κ1) is 27.2. The van der Waals surface area contributed by atoms with Crippen LogP contribution in [0.2, 0.25) is 0 Å². The second-order valence-electron chi connectivity index (χ2n) is 9.87. The second kappa shape index (κ2) is 13.1. The van der Waals surface area contributed by atoms with Gasteiger partial charge in [-0.3, -0.25) is 4.79 Å². The van der Waals surface area contributed by atoms with Crippen LogP contribution in [0.25, 0.3) is 16.7 Å². The SMILES string of the molecule is C=C(C)c1cccc(-c2cc(OC3CCC(OCc4ccc(Br)cc4)CC3)ccc2CCNC(C)=O)c1. The van der Waals surface area contributed by atoms with Gasteiger partial charge in [0.25, 0.3) is 0 Å². The van der Waals surface area contributed by atoms with Crippen molar-refractivity contribution >= 4 is 27.4 Å². The Labute approximate surface area is 229 Å². The first-order valence-electron chi connectivity index (χ1n) is 13.0. The van der Waals surface area contributed by atoms with Crippen molar-refractivity contribution in [2.24, 2.45) is 0 Å². The average Bonchev–Trinajstić information content (AvgIpc) is 2.90. The van der Waals surface area contributed by atoms with Gasteiger partial charge in [-0.2, -0.15) is 0 Å². The maximum Gasteiger partial charge on any atom is 0.216 e. The molecule has 5 heteroatoms. The number of allylic oxidation sites excluding steroid dienone is 1. The van der Waals surface area contributed by atoms with Crippen LogP contribution in [0.5, 0.6) is 5.75 Å². The van der Waals surface area contributed by atoms with E-state index in [0.717, 1.165) is 64.6 Å². The maximum absolute atomic E-state index is 11.4. The van der Waals surface area contributed by atoms with Gasteiger partial charge in [0.05, 0.1) is 18.8 Å². The molecule has 1 fully saturated rings. The number of carbonyl (C=O) groups excluding carboxylic acids is 1. The zero-order chi connectivity index (χ0) is 26.2. The zero-order valence-corrected chi connectivity index (χ0v) is 23.4. The van der Waals surface area contributed by atoms with Crippen LogP contribution >= 0.6 is 15.9 Å². The third-order valence-electron chi connectivity index (χ3n) is 6.84. The lowest BCUT2D eigenvalue weighted by Gasteiger charge is -2.29. The lowest BCUT2D eigenvalue weighted by Crippen LogP contribution is -2.28. The summed E-state index contributed by atoms with van der Waals surface area (Å²) >= 11 is 3.48. The molecule has 0 heterocycles. The molecule has 0 saturated heterocycles. The number of nitrogens with one attached hydrogen (secondary N) is 1. The van der Waals surface area contributed by atoms with Gasteiger partial charge in [-0.25, -0.2) is 0 Å². The maximum atomic E-state index is 11.4. The summed E-state index contributed by atoms with van der Waals surface area (Å²) in [5.41, 5.74) is 6.81. The van der Waals surface area contributed by atoms with Crippen LogP contribution < -0.4 is 10.1 Å². The summed E-state index contributed by atoms with van der Waals surface area (Å²) in [5, 5.41) is 2.91. The minimum atomic E-state index is -0.0118. The van der Waals surface area contributed by atoms with Crippen LogP contribution in [0.3, 0.4) is 0 Å². The summed E-state index contributed by atoms with van der Waals surface area (Å²) in [4.78, 5) is 11.4. The fourth-order valence-corrected chi connectivity index (χ4v) is 5.01. The summed E-state index contributed by atoms with van der Waals surface area (Å²) in [6.07, 6.45) is 5.19. The quantitative estimate of drug-likeness (QED) is 0.275. The predicted molar refractivity (Wildman–Crippen MR) is 155 cm³/mol. The average molecular weight is 563 g/mol. The van der Waals surface area contributed by atoms with Crippen molar-refractivity contribution in [1.29, 1.82) is 0 Å². The van der Waals surface area contributed by atoms with Gasteiger partial charge < -0.3 is 14.8 Å². The van der Waals surface area contributed by atoms with E-state index in [0.29, 0.717) is 13.2 Å². The summed E-state index contributed by atoms with van der Waals surface area (Å²) in [7, 11) is 0. The Bertz CT molecular complexity index is 1210. The van der Waals surface area contributed by atoms with Crippen LogP contribution in [-0.4, -0.2) is 24.7 Å². The van der Waals surface area contributed by atoms with E-state index in [2.05, 4.69) is 94.6 Å². The Kier molecular flexibility index (Phi) is 9.59. The Morgan fingerprint density at radius 3 is 2.41 bits per heavy atom. The van der Waals surface area contributed by atoms with Crippen molar-refractivity contribution in [2.75, 3.05) is 6.54 Å². The van der Waals surface area contributed by atoms with Gasteiger partial charge in [-0.05, 0) is 97.2 Å². The Hall–Kier alpha value is -2.89. The molecule has 4 nitrogen and oxygen atoms in total. The van der Waals surface area contributed by atoms with Crippen molar-refractivity contribution in [3.05, 3.63) is 94.5 Å². The highest BCUT2D eigenvalue weighted by atomic mass is 79.9. The highest BCUT2D eigenvalue weighted by molar-refractivity contribution is 9.10. The minimum Gasteiger partial charge on any atom is -0.490 e. The molecule has 37 heavy (non-hydrogen) atoms. The number of amides is 1. The molecule has 1 aliphatic carbocycles. The standard InChI is InChI=1S/C32H36BrNO3/c1-22(2)26-5-4-6-27(19-26)32-20-31(12-9-25(32)17-18-34-23(3)35)37-30-15-13-29(14-16-30)36-21-24-7-10-28(33)11-8-24/h4-12,19-20,29-30H,1,13-18,21H2,2-3H3,(H,34,35). The van der Waals surface area contributed by atoms with Crippen LogP contribution in [0.4, 0.5) is 0 Å². The Morgan fingerprint density at radius 2 is 1.70 bits per heavy atom. The molecule has 0 aromatic heterocycles. The van der Waals surface area contributed by atoms with E-state index in [1.807, 2.05) is 6.92 Å². The predicted octanol–water partition coefficient (Wildman–Crippen LogP) is 7.73. The van der Waals surface area contributed by atoms with Gasteiger partial charge in [-0.15, -0.1) is 0 Å². The number of hydrogen-bond acceptors (Lipinski definition) is 3. The fourth-order valence-electron chi connectivity index (χ4n) is 4.74. The minimum absolute atomic E-state index is 0.0118. The van der Waals surface area contributed by atoms with Gasteiger partial charge in [0, 0.05) is 17.9 Å². The number of rotatable bonds is 10. The van der Waals surface area contributed by atoms with Crippen LogP contribution in [0.1, 0.15) is 56.2 Å². The highest BCUT2D eigenvalue weighted by Crippen LogP contribution is 2.32. The molecule has 0 atom stereocenters. The fraction of sp³-hybridized carbons (Fsp3) is 0.344. The summed E-state index contributed by atoms with van der Waals surface area (Å²) in [6.45, 7) is 8.93. The lowest BCUT2D eigenvalue weighted by molar-refractivity contribution is -0.118. The van der Waals surface area contributed by atoms with Crippen LogP contribution in [0.15, 0.2) is 77.8 Å². The summed E-state index contributed by atoms with van der Waals surface area (Å²) in [6, 6.07) is 23.1. The second-order valence-corrected chi connectivity index (χ2v) is 10.8. The van der Waals surface area contributed by atoms with E-state index in [-0.39, 0.29) is 18.1 Å². The molecule has 4 rings (SSSR count). The number of carbonyl (C=O) groups is 1. The first-order chi connectivity index (χ1) is 17.9. The van der Waals surface area contributed by atoms with Crippen molar-refractivity contribution in [3.8, 4) is 16.9 Å². The first-order valence-corrected chi connectivity index (χ1v) is 13.8. The molecule has 0 radical (unpaired) electrons. The van der Waals surface area contributed by atoms with E-state index in [1.54, 1.807) is 6.92 Å². The van der Waals surface area contributed by atoms with E-state index < -0.39 is 0 Å². The smallest absolute Gasteiger partial charge is 0.216 e. The molecule has 0 spiro atoms. The molecule has 0 aliphatic heterocycles. The number of halogens is 1. The molecule has 3 aromatic rings. The Morgan fingerprint density at radius 1 is 0.973 bits per heavy atom. The largest absolute Gasteiger partial charge is 0.490 e. The molecule has 0 unspecified atom stereocenters. The van der Waals surface area contributed by atoms with Crippen molar-refractivity contribution in [1.82, 2.24) is 5.32 Å². The molecular weight excluding hydrogens is 526 g/mol. The van der Waals surface area contributed by atoms with Crippen molar-refractivity contribution < 1.29 is 14.3 Å².